The molecule has 3 aromatic heterocycles. The van der Waals surface area contributed by atoms with Gasteiger partial charge in [-0.2, -0.15) is 10.2 Å². The van der Waals surface area contributed by atoms with Crippen molar-refractivity contribution in [2.45, 2.75) is 25.3 Å². The summed E-state index contributed by atoms with van der Waals surface area (Å²) in [7, 11) is 0. The molecule has 0 unspecified atom stereocenters. The van der Waals surface area contributed by atoms with E-state index in [0.29, 0.717) is 11.3 Å². The first-order valence-electron chi connectivity index (χ1n) is 8.99. The number of fused-ring (bicyclic) bond motifs is 2. The van der Waals surface area contributed by atoms with Crippen LogP contribution < -0.4 is 0 Å². The molecular formula is C20H14F3N5. The molecule has 8 heteroatoms. The monoisotopic (exact) mass is 381 g/mol. The van der Waals surface area contributed by atoms with E-state index in [1.165, 1.54) is 12.1 Å². The van der Waals surface area contributed by atoms with E-state index in [1.54, 1.807) is 29.2 Å². The molecule has 28 heavy (non-hydrogen) atoms. The van der Waals surface area contributed by atoms with E-state index in [0.717, 1.165) is 27.8 Å². The van der Waals surface area contributed by atoms with Crippen LogP contribution in [0.4, 0.5) is 13.2 Å². The number of nitrogens with one attached hydrogen (secondary N) is 1. The zero-order valence-corrected chi connectivity index (χ0v) is 14.6. The van der Waals surface area contributed by atoms with Crippen LogP contribution >= 0.6 is 0 Å². The SMILES string of the molecule is Fc1ccc(-c2nn3c(c2-c2ccnc4[nH]ncc24)C[C@@]2(C3)CC2(F)F)cc1. The molecule has 1 atom stereocenters. The van der Waals surface area contributed by atoms with E-state index in [9.17, 15) is 13.2 Å². The van der Waals surface area contributed by atoms with Gasteiger partial charge in [-0.05, 0) is 35.9 Å². The van der Waals surface area contributed by atoms with E-state index < -0.39 is 11.3 Å². The van der Waals surface area contributed by atoms with Gasteiger partial charge in [-0.1, -0.05) is 0 Å². The molecule has 0 amide bonds. The second kappa shape index (κ2) is 5.01. The largest absolute Gasteiger partial charge is 0.267 e. The topological polar surface area (TPSA) is 59.4 Å². The number of halogens is 3. The van der Waals surface area contributed by atoms with Crippen LogP contribution in [0, 0.1) is 11.2 Å². The highest BCUT2D eigenvalue weighted by Gasteiger charge is 2.73. The number of hydrogen-bond donors (Lipinski definition) is 1. The lowest BCUT2D eigenvalue weighted by molar-refractivity contribution is 0.0630. The van der Waals surface area contributed by atoms with Crippen LogP contribution in [0.3, 0.4) is 0 Å². The minimum atomic E-state index is -2.65. The lowest BCUT2D eigenvalue weighted by Crippen LogP contribution is -2.13. The van der Waals surface area contributed by atoms with E-state index in [1.807, 2.05) is 6.07 Å². The van der Waals surface area contributed by atoms with Gasteiger partial charge in [-0.25, -0.2) is 18.2 Å². The van der Waals surface area contributed by atoms with Gasteiger partial charge < -0.3 is 0 Å². The molecule has 0 saturated heterocycles. The normalized spacial score (nSPS) is 22.1. The third-order valence-corrected chi connectivity index (χ3v) is 5.97. The number of pyridine rings is 1. The number of hydrogen-bond acceptors (Lipinski definition) is 3. The number of aromatic amines is 1. The van der Waals surface area contributed by atoms with Gasteiger partial charge >= 0.3 is 0 Å². The molecule has 1 aliphatic heterocycles. The molecule has 1 saturated carbocycles. The van der Waals surface area contributed by atoms with Gasteiger partial charge in [0.1, 0.15) is 11.5 Å². The van der Waals surface area contributed by atoms with E-state index in [-0.39, 0.29) is 25.2 Å². The number of rotatable bonds is 2. The van der Waals surface area contributed by atoms with Crippen LogP contribution in [0.5, 0.6) is 0 Å². The summed E-state index contributed by atoms with van der Waals surface area (Å²) in [5, 5.41) is 12.4. The first kappa shape index (κ1) is 15.9. The molecule has 4 heterocycles. The van der Waals surface area contributed by atoms with Crippen LogP contribution in [0.1, 0.15) is 12.1 Å². The molecule has 0 bridgehead atoms. The second-order valence-corrected chi connectivity index (χ2v) is 7.66. The summed E-state index contributed by atoms with van der Waals surface area (Å²) in [6.07, 6.45) is 3.49. The predicted octanol–water partition coefficient (Wildman–Crippen LogP) is 4.21. The molecule has 140 valence electrons. The fraction of sp³-hybridized carbons (Fsp3) is 0.250. The second-order valence-electron chi connectivity index (χ2n) is 7.66. The molecule has 6 rings (SSSR count). The molecular weight excluding hydrogens is 367 g/mol. The predicted molar refractivity (Wildman–Crippen MR) is 96.2 cm³/mol. The molecule has 1 spiro atoms. The van der Waals surface area contributed by atoms with Crippen LogP contribution in [0.25, 0.3) is 33.4 Å². The smallest absolute Gasteiger partial charge is 0.256 e. The van der Waals surface area contributed by atoms with Gasteiger partial charge in [0.15, 0.2) is 5.65 Å². The third kappa shape index (κ3) is 2.00. The molecule has 1 N–H and O–H groups in total. The Morgan fingerprint density at radius 2 is 1.89 bits per heavy atom. The van der Waals surface area contributed by atoms with Gasteiger partial charge in [-0.15, -0.1) is 0 Å². The minimum Gasteiger partial charge on any atom is -0.267 e. The van der Waals surface area contributed by atoms with Gasteiger partial charge in [0.25, 0.3) is 5.92 Å². The fourth-order valence-corrected chi connectivity index (χ4v) is 4.38. The third-order valence-electron chi connectivity index (χ3n) is 5.97. The van der Waals surface area contributed by atoms with Crippen molar-refractivity contribution in [3.8, 4) is 22.4 Å². The van der Waals surface area contributed by atoms with Crippen molar-refractivity contribution < 1.29 is 13.2 Å². The van der Waals surface area contributed by atoms with E-state index in [4.69, 9.17) is 0 Å². The van der Waals surface area contributed by atoms with Crippen molar-refractivity contribution in [2.24, 2.45) is 5.41 Å². The molecule has 1 aliphatic carbocycles. The maximum atomic E-state index is 14.0. The zero-order chi connectivity index (χ0) is 19.1. The van der Waals surface area contributed by atoms with Crippen molar-refractivity contribution in [1.82, 2.24) is 25.0 Å². The van der Waals surface area contributed by atoms with Crippen LogP contribution in [-0.4, -0.2) is 30.9 Å². The first-order chi connectivity index (χ1) is 13.5. The van der Waals surface area contributed by atoms with E-state index in [2.05, 4.69) is 20.3 Å². The quantitative estimate of drug-likeness (QED) is 0.566. The number of aromatic nitrogens is 5. The lowest BCUT2D eigenvalue weighted by Gasteiger charge is -2.10. The summed E-state index contributed by atoms with van der Waals surface area (Å²) in [4.78, 5) is 4.27. The van der Waals surface area contributed by atoms with Crippen molar-refractivity contribution >= 4 is 11.0 Å². The summed E-state index contributed by atoms with van der Waals surface area (Å²) in [6, 6.07) is 7.91. The van der Waals surface area contributed by atoms with Crippen molar-refractivity contribution in [2.75, 3.05) is 0 Å². The van der Waals surface area contributed by atoms with Crippen LogP contribution in [-0.2, 0) is 13.0 Å². The zero-order valence-electron chi connectivity index (χ0n) is 14.6. The molecule has 2 aliphatic rings. The van der Waals surface area contributed by atoms with Crippen molar-refractivity contribution in [1.29, 1.82) is 0 Å². The Morgan fingerprint density at radius 3 is 2.64 bits per heavy atom. The molecule has 0 radical (unpaired) electrons. The van der Waals surface area contributed by atoms with Gasteiger partial charge in [0.05, 0.1) is 18.2 Å². The standard InChI is InChI=1S/C20H14F3N5/c21-12-3-1-11(2-4-12)17-16(13-5-6-24-18-14(13)8-25-26-18)15-7-19(9-20(19,22)23)10-28(15)27-17/h1-6,8H,7,9-10H2,(H,24,25,26)/t19-/m0/s1. The number of benzene rings is 1. The van der Waals surface area contributed by atoms with Gasteiger partial charge in [-0.3, -0.25) is 9.78 Å². The average molecular weight is 381 g/mol. The Morgan fingerprint density at radius 1 is 1.11 bits per heavy atom. The molecule has 1 aromatic carbocycles. The Labute approximate surface area is 157 Å². The van der Waals surface area contributed by atoms with Gasteiger partial charge in [0, 0.05) is 41.2 Å². The highest BCUT2D eigenvalue weighted by atomic mass is 19.3. The average Bonchev–Trinajstić information content (AvgIpc) is 3.11. The van der Waals surface area contributed by atoms with Crippen LogP contribution in [0.2, 0.25) is 0 Å². The van der Waals surface area contributed by atoms with Gasteiger partial charge in [0.2, 0.25) is 0 Å². The Hall–Kier alpha value is -3.16. The maximum Gasteiger partial charge on any atom is 0.256 e. The van der Waals surface area contributed by atoms with E-state index >= 15 is 0 Å². The van der Waals surface area contributed by atoms with Crippen molar-refractivity contribution in [3.63, 3.8) is 0 Å². The molecule has 5 nitrogen and oxygen atoms in total. The molecule has 4 aromatic rings. The lowest BCUT2D eigenvalue weighted by atomic mass is 9.94. The minimum absolute atomic E-state index is 0.105. The number of nitrogens with zero attached hydrogens (tertiary/aromatic N) is 4. The fourth-order valence-electron chi connectivity index (χ4n) is 4.38. The number of H-pyrrole nitrogens is 1. The van der Waals surface area contributed by atoms with Crippen molar-refractivity contribution in [3.05, 3.63) is 54.2 Å². The summed E-state index contributed by atoms with van der Waals surface area (Å²) in [6.45, 7) is 0.198. The summed E-state index contributed by atoms with van der Waals surface area (Å²) in [5.74, 6) is -2.99. The highest BCUT2D eigenvalue weighted by molar-refractivity contribution is 5.97. The summed E-state index contributed by atoms with van der Waals surface area (Å²) in [5.41, 5.74) is 3.40. The maximum absolute atomic E-state index is 14.0. The van der Waals surface area contributed by atoms with Crippen LogP contribution in [0.15, 0.2) is 42.7 Å². The first-order valence-corrected chi connectivity index (χ1v) is 8.99. The summed E-state index contributed by atoms with van der Waals surface area (Å²) >= 11 is 0. The Bertz CT molecular complexity index is 1240. The summed E-state index contributed by atoms with van der Waals surface area (Å²) < 4.78 is 43.2. The Balaban J connectivity index is 1.60. The number of alkyl halides is 2. The molecule has 1 fully saturated rings. The highest BCUT2D eigenvalue weighted by Crippen LogP contribution is 2.66. The Kier molecular flexibility index (Phi) is 2.83.